The van der Waals surface area contributed by atoms with Crippen molar-refractivity contribution in [2.24, 2.45) is 0 Å². The molecule has 3 heterocycles. The summed E-state index contributed by atoms with van der Waals surface area (Å²) in [6, 6.07) is 10.5. The summed E-state index contributed by atoms with van der Waals surface area (Å²) in [5.74, 6) is -1.10. The van der Waals surface area contributed by atoms with Crippen LogP contribution in [0, 0.1) is 0 Å². The number of benzene rings is 2. The number of piperidine rings is 1. The third-order valence-corrected chi connectivity index (χ3v) is 7.03. The molecule has 40 heavy (non-hydrogen) atoms. The lowest BCUT2D eigenvalue weighted by Gasteiger charge is -2.32. The topological polar surface area (TPSA) is 128 Å². The largest absolute Gasteiger partial charge is 0.444 e. The standard InChI is InChI=1S/C29H33N5O6/c1-29(2,3)40-28(39)32-12-11-19-14-22(9-8-20(19)16-32)31-27(38)30-15-18-7-10-23-21(13-18)17-33(26(23)37)34-24(35)5-4-6-25(34)36/h7-10,13-14H,4-6,11-12,15-17H2,1-3H3,(H2,30,31,38). The number of rotatable bonds is 4. The van der Waals surface area contributed by atoms with Gasteiger partial charge in [-0.25, -0.2) is 14.6 Å². The number of amides is 6. The van der Waals surface area contributed by atoms with Crippen LogP contribution in [0.4, 0.5) is 15.3 Å². The van der Waals surface area contributed by atoms with E-state index in [9.17, 15) is 24.0 Å². The molecule has 0 aliphatic carbocycles. The van der Waals surface area contributed by atoms with Gasteiger partial charge in [0.2, 0.25) is 11.8 Å². The second-order valence-corrected chi connectivity index (χ2v) is 11.3. The maximum atomic E-state index is 12.9. The molecule has 2 N–H and O–H groups in total. The molecule has 6 amide bonds. The molecule has 2 aromatic rings. The van der Waals surface area contributed by atoms with E-state index in [1.165, 1.54) is 5.01 Å². The minimum absolute atomic E-state index is 0.131. The van der Waals surface area contributed by atoms with Crippen LogP contribution >= 0.6 is 0 Å². The number of hydrogen-bond acceptors (Lipinski definition) is 6. The van der Waals surface area contributed by atoms with E-state index >= 15 is 0 Å². The highest BCUT2D eigenvalue weighted by Gasteiger charge is 2.39. The normalized spacial score (nSPS) is 17.0. The van der Waals surface area contributed by atoms with Crippen molar-refractivity contribution < 1.29 is 28.7 Å². The van der Waals surface area contributed by atoms with Crippen LogP contribution in [0.2, 0.25) is 0 Å². The molecular weight excluding hydrogens is 514 g/mol. The molecule has 0 radical (unpaired) electrons. The number of anilines is 1. The van der Waals surface area contributed by atoms with Gasteiger partial charge in [0, 0.05) is 43.7 Å². The third kappa shape index (κ3) is 5.78. The number of fused-ring (bicyclic) bond motifs is 2. The van der Waals surface area contributed by atoms with Gasteiger partial charge in [-0.2, -0.15) is 5.01 Å². The Labute approximate surface area is 232 Å². The second kappa shape index (κ2) is 10.6. The Balaban J connectivity index is 1.16. The lowest BCUT2D eigenvalue weighted by atomic mass is 9.99. The molecular formula is C29H33N5O6. The molecule has 1 fully saturated rings. The van der Waals surface area contributed by atoms with E-state index in [0.717, 1.165) is 21.7 Å². The number of urea groups is 1. The molecule has 3 aliphatic rings. The molecule has 11 nitrogen and oxygen atoms in total. The fourth-order valence-electron chi connectivity index (χ4n) is 5.11. The van der Waals surface area contributed by atoms with Crippen LogP contribution in [0.1, 0.15) is 72.6 Å². The fraction of sp³-hybridized carbons (Fsp3) is 0.414. The average Bonchev–Trinajstić information content (AvgIpc) is 3.21. The Kier molecular flexibility index (Phi) is 7.22. The van der Waals surface area contributed by atoms with Crippen molar-refractivity contribution in [2.45, 2.75) is 71.7 Å². The highest BCUT2D eigenvalue weighted by atomic mass is 16.6. The summed E-state index contributed by atoms with van der Waals surface area (Å²) in [5, 5.41) is 7.86. The summed E-state index contributed by atoms with van der Waals surface area (Å²) < 4.78 is 5.48. The van der Waals surface area contributed by atoms with Gasteiger partial charge in [0.25, 0.3) is 5.91 Å². The van der Waals surface area contributed by atoms with E-state index in [4.69, 9.17) is 4.74 Å². The van der Waals surface area contributed by atoms with Gasteiger partial charge < -0.3 is 20.3 Å². The van der Waals surface area contributed by atoms with Crippen LogP contribution in [0.3, 0.4) is 0 Å². The predicted molar refractivity (Wildman–Crippen MR) is 145 cm³/mol. The van der Waals surface area contributed by atoms with E-state index < -0.39 is 5.60 Å². The van der Waals surface area contributed by atoms with Gasteiger partial charge in [-0.05, 0) is 74.1 Å². The molecule has 0 unspecified atom stereocenters. The molecule has 0 aromatic heterocycles. The SMILES string of the molecule is CC(C)(C)OC(=O)N1CCc2cc(NC(=O)NCc3ccc4c(c3)CN(N3C(=O)CCCC3=O)C4=O)ccc2C1. The van der Waals surface area contributed by atoms with E-state index in [1.807, 2.05) is 39.0 Å². The molecule has 2 aromatic carbocycles. The first-order chi connectivity index (χ1) is 19.0. The monoisotopic (exact) mass is 547 g/mol. The van der Waals surface area contributed by atoms with Crippen LogP contribution in [-0.4, -0.2) is 56.9 Å². The molecule has 5 rings (SSSR count). The number of ether oxygens (including phenoxy) is 1. The molecule has 1 saturated heterocycles. The summed E-state index contributed by atoms with van der Waals surface area (Å²) in [4.78, 5) is 64.1. The zero-order valence-electron chi connectivity index (χ0n) is 22.9. The summed E-state index contributed by atoms with van der Waals surface area (Å²) in [5.41, 5.74) is 4.10. The highest BCUT2D eigenvalue weighted by molar-refractivity contribution is 6.04. The van der Waals surface area contributed by atoms with Crippen LogP contribution in [0.25, 0.3) is 0 Å². The van der Waals surface area contributed by atoms with Crippen molar-refractivity contribution in [1.29, 1.82) is 0 Å². The Morgan fingerprint density at radius 3 is 2.38 bits per heavy atom. The Morgan fingerprint density at radius 1 is 0.900 bits per heavy atom. The van der Waals surface area contributed by atoms with Gasteiger partial charge in [-0.15, -0.1) is 0 Å². The molecule has 0 saturated carbocycles. The minimum atomic E-state index is -0.552. The number of carbonyl (C=O) groups is 5. The summed E-state index contributed by atoms with van der Waals surface area (Å²) in [6.07, 6.45) is 1.30. The lowest BCUT2D eigenvalue weighted by molar-refractivity contribution is -0.163. The van der Waals surface area contributed by atoms with Crippen LogP contribution in [0.15, 0.2) is 36.4 Å². The van der Waals surface area contributed by atoms with Gasteiger partial charge in [0.05, 0.1) is 6.54 Å². The average molecular weight is 548 g/mol. The first-order valence-electron chi connectivity index (χ1n) is 13.4. The lowest BCUT2D eigenvalue weighted by Crippen LogP contribution is -2.51. The Bertz CT molecular complexity index is 1380. The number of hydrogen-bond donors (Lipinski definition) is 2. The third-order valence-electron chi connectivity index (χ3n) is 7.03. The van der Waals surface area contributed by atoms with Gasteiger partial charge in [0.1, 0.15) is 5.60 Å². The van der Waals surface area contributed by atoms with Crippen molar-refractivity contribution in [3.8, 4) is 0 Å². The number of nitrogens with zero attached hydrogens (tertiary/aromatic N) is 3. The van der Waals surface area contributed by atoms with Gasteiger partial charge in [0.15, 0.2) is 0 Å². The quantitative estimate of drug-likeness (QED) is 0.562. The van der Waals surface area contributed by atoms with Crippen LogP contribution in [-0.2, 0) is 40.4 Å². The predicted octanol–water partition coefficient (Wildman–Crippen LogP) is 3.71. The molecule has 210 valence electrons. The first-order valence-corrected chi connectivity index (χ1v) is 13.4. The summed E-state index contributed by atoms with van der Waals surface area (Å²) in [7, 11) is 0. The number of nitrogens with one attached hydrogen (secondary N) is 2. The maximum Gasteiger partial charge on any atom is 0.410 e. The van der Waals surface area contributed by atoms with E-state index in [-0.39, 0.29) is 55.8 Å². The van der Waals surface area contributed by atoms with Crippen LogP contribution in [0.5, 0.6) is 0 Å². The van der Waals surface area contributed by atoms with E-state index in [0.29, 0.717) is 42.7 Å². The number of imide groups is 1. The van der Waals surface area contributed by atoms with Crippen molar-refractivity contribution in [3.05, 3.63) is 64.2 Å². The van der Waals surface area contributed by atoms with Crippen molar-refractivity contribution in [3.63, 3.8) is 0 Å². The zero-order valence-corrected chi connectivity index (χ0v) is 22.9. The molecule has 11 heteroatoms. The van der Waals surface area contributed by atoms with Gasteiger partial charge in [-0.1, -0.05) is 18.2 Å². The van der Waals surface area contributed by atoms with Gasteiger partial charge in [-0.3, -0.25) is 14.4 Å². The first kappa shape index (κ1) is 27.2. The smallest absolute Gasteiger partial charge is 0.410 e. The van der Waals surface area contributed by atoms with E-state index in [1.54, 1.807) is 23.1 Å². The summed E-state index contributed by atoms with van der Waals surface area (Å²) >= 11 is 0. The Hall–Kier alpha value is -4.41. The van der Waals surface area contributed by atoms with Crippen LogP contribution < -0.4 is 10.6 Å². The molecule has 0 atom stereocenters. The molecule has 3 aliphatic heterocycles. The van der Waals surface area contributed by atoms with Gasteiger partial charge >= 0.3 is 12.1 Å². The number of carbonyl (C=O) groups excluding carboxylic acids is 5. The van der Waals surface area contributed by atoms with Crippen molar-refractivity contribution in [1.82, 2.24) is 20.2 Å². The maximum absolute atomic E-state index is 12.9. The van der Waals surface area contributed by atoms with Crippen molar-refractivity contribution in [2.75, 3.05) is 11.9 Å². The number of hydrazine groups is 1. The second-order valence-electron chi connectivity index (χ2n) is 11.3. The zero-order chi connectivity index (χ0) is 28.6. The summed E-state index contributed by atoms with van der Waals surface area (Å²) in [6.45, 7) is 6.87. The molecule has 0 bridgehead atoms. The minimum Gasteiger partial charge on any atom is -0.444 e. The Morgan fingerprint density at radius 2 is 1.65 bits per heavy atom. The molecule has 0 spiro atoms. The highest BCUT2D eigenvalue weighted by Crippen LogP contribution is 2.28. The van der Waals surface area contributed by atoms with Crippen molar-refractivity contribution >= 4 is 35.5 Å². The fourth-order valence-corrected chi connectivity index (χ4v) is 5.11. The van der Waals surface area contributed by atoms with E-state index in [2.05, 4.69) is 10.6 Å².